The van der Waals surface area contributed by atoms with Gasteiger partial charge >= 0.3 is 0 Å². The van der Waals surface area contributed by atoms with E-state index in [1.54, 1.807) is 0 Å². The molecule has 1 aromatic carbocycles. The molecule has 1 atom stereocenters. The Balaban J connectivity index is 1.66. The number of anilines is 2. The first-order chi connectivity index (χ1) is 11.7. The van der Waals surface area contributed by atoms with Gasteiger partial charge in [-0.15, -0.1) is 0 Å². The molecule has 1 saturated carbocycles. The van der Waals surface area contributed by atoms with Gasteiger partial charge in [0.2, 0.25) is 0 Å². The van der Waals surface area contributed by atoms with Crippen LogP contribution < -0.4 is 10.6 Å². The van der Waals surface area contributed by atoms with Gasteiger partial charge in [0, 0.05) is 23.2 Å². The summed E-state index contributed by atoms with van der Waals surface area (Å²) in [7, 11) is 0. The van der Waals surface area contributed by atoms with Crippen LogP contribution in [0.15, 0.2) is 30.3 Å². The molecule has 0 radical (unpaired) electrons. The van der Waals surface area contributed by atoms with E-state index >= 15 is 0 Å². The first kappa shape index (κ1) is 15.4. The minimum atomic E-state index is -0.138. The lowest BCUT2D eigenvalue weighted by atomic mass is 9.93. The molecule has 4 rings (SSSR count). The van der Waals surface area contributed by atoms with Gasteiger partial charge in [-0.2, -0.15) is 0 Å². The first-order valence-electron chi connectivity index (χ1n) is 8.86. The van der Waals surface area contributed by atoms with Gasteiger partial charge in [0.05, 0.1) is 6.10 Å². The molecule has 24 heavy (non-hydrogen) atoms. The molecule has 2 heterocycles. The van der Waals surface area contributed by atoms with E-state index in [4.69, 9.17) is 9.97 Å². The van der Waals surface area contributed by atoms with E-state index < -0.39 is 0 Å². The SMILES string of the molecule is CC1Cc2c(nc(-c3ccccc3)nc2NC2CCC(O)CC2)N1. The lowest BCUT2D eigenvalue weighted by Crippen LogP contribution is -2.29. The van der Waals surface area contributed by atoms with Crippen molar-refractivity contribution in [1.82, 2.24) is 9.97 Å². The molecule has 5 nitrogen and oxygen atoms in total. The first-order valence-corrected chi connectivity index (χ1v) is 8.86. The molecular formula is C19H24N4O. The van der Waals surface area contributed by atoms with Gasteiger partial charge < -0.3 is 15.7 Å². The molecule has 0 saturated heterocycles. The quantitative estimate of drug-likeness (QED) is 0.809. The lowest BCUT2D eigenvalue weighted by Gasteiger charge is -2.27. The molecule has 3 N–H and O–H groups in total. The van der Waals surface area contributed by atoms with E-state index in [1.807, 2.05) is 30.3 Å². The van der Waals surface area contributed by atoms with E-state index in [1.165, 1.54) is 5.56 Å². The van der Waals surface area contributed by atoms with Gasteiger partial charge in [-0.25, -0.2) is 9.97 Å². The maximum Gasteiger partial charge on any atom is 0.163 e. The Morgan fingerprint density at radius 1 is 1.08 bits per heavy atom. The second-order valence-corrected chi connectivity index (χ2v) is 6.99. The van der Waals surface area contributed by atoms with E-state index in [9.17, 15) is 5.11 Å². The molecule has 0 spiro atoms. The Hall–Kier alpha value is -2.14. The van der Waals surface area contributed by atoms with Crippen LogP contribution in [0.4, 0.5) is 11.6 Å². The van der Waals surface area contributed by atoms with Gasteiger partial charge in [-0.3, -0.25) is 0 Å². The van der Waals surface area contributed by atoms with Gasteiger partial charge in [0.1, 0.15) is 11.6 Å². The molecule has 0 amide bonds. The van der Waals surface area contributed by atoms with Crippen LogP contribution in [-0.4, -0.2) is 33.3 Å². The average Bonchev–Trinajstić information content (AvgIpc) is 2.98. The molecule has 5 heteroatoms. The van der Waals surface area contributed by atoms with Crippen LogP contribution in [0.1, 0.15) is 38.2 Å². The topological polar surface area (TPSA) is 70.1 Å². The van der Waals surface area contributed by atoms with Gasteiger partial charge in [0.15, 0.2) is 5.82 Å². The predicted octanol–water partition coefficient (Wildman–Crippen LogP) is 3.22. The number of fused-ring (bicyclic) bond motifs is 1. The fourth-order valence-corrected chi connectivity index (χ4v) is 3.64. The van der Waals surface area contributed by atoms with Crippen LogP contribution >= 0.6 is 0 Å². The second-order valence-electron chi connectivity index (χ2n) is 6.99. The van der Waals surface area contributed by atoms with Gasteiger partial charge in [-0.05, 0) is 39.0 Å². The second kappa shape index (κ2) is 6.40. The standard InChI is InChI=1S/C19H24N4O/c1-12-11-16-18(20-12)22-17(13-5-3-2-4-6-13)23-19(16)21-14-7-9-15(24)10-8-14/h2-6,12,14-15,24H,7-11H2,1H3,(H2,20,21,22,23). The highest BCUT2D eigenvalue weighted by Crippen LogP contribution is 2.33. The van der Waals surface area contributed by atoms with Crippen LogP contribution in [0, 0.1) is 0 Å². The number of hydrogen-bond donors (Lipinski definition) is 3. The molecule has 2 aliphatic rings. The molecule has 1 aromatic heterocycles. The van der Waals surface area contributed by atoms with Crippen molar-refractivity contribution in [2.75, 3.05) is 10.6 Å². The molecule has 1 aliphatic carbocycles. The number of hydrogen-bond acceptors (Lipinski definition) is 5. The molecule has 1 unspecified atom stereocenters. The Morgan fingerprint density at radius 3 is 2.58 bits per heavy atom. The number of aromatic nitrogens is 2. The minimum absolute atomic E-state index is 0.138. The third kappa shape index (κ3) is 3.08. The number of aliphatic hydroxyl groups is 1. The van der Waals surface area contributed by atoms with Crippen molar-refractivity contribution >= 4 is 11.6 Å². The Kier molecular flexibility index (Phi) is 4.10. The number of aliphatic hydroxyl groups excluding tert-OH is 1. The van der Waals surface area contributed by atoms with Crippen molar-refractivity contribution in [1.29, 1.82) is 0 Å². The van der Waals surface area contributed by atoms with E-state index in [2.05, 4.69) is 17.6 Å². The van der Waals surface area contributed by atoms with Crippen molar-refractivity contribution in [3.05, 3.63) is 35.9 Å². The van der Waals surface area contributed by atoms with Crippen LogP contribution in [-0.2, 0) is 6.42 Å². The molecule has 126 valence electrons. The number of rotatable bonds is 3. The third-order valence-corrected chi connectivity index (χ3v) is 4.97. The summed E-state index contributed by atoms with van der Waals surface area (Å²) in [6.45, 7) is 2.17. The molecule has 1 aliphatic heterocycles. The lowest BCUT2D eigenvalue weighted by molar-refractivity contribution is 0.126. The summed E-state index contributed by atoms with van der Waals surface area (Å²) in [5.41, 5.74) is 2.22. The zero-order valence-corrected chi connectivity index (χ0v) is 14.0. The monoisotopic (exact) mass is 324 g/mol. The zero-order valence-electron chi connectivity index (χ0n) is 14.0. The highest BCUT2D eigenvalue weighted by molar-refractivity contribution is 5.68. The fraction of sp³-hybridized carbons (Fsp3) is 0.474. The predicted molar refractivity (Wildman–Crippen MR) is 96.1 cm³/mol. The Bertz CT molecular complexity index is 711. The Labute approximate surface area is 142 Å². The molecular weight excluding hydrogens is 300 g/mol. The van der Waals surface area contributed by atoms with Crippen LogP contribution in [0.2, 0.25) is 0 Å². The van der Waals surface area contributed by atoms with Crippen molar-refractivity contribution < 1.29 is 5.11 Å². The summed E-state index contributed by atoms with van der Waals surface area (Å²) in [5, 5.41) is 16.8. The summed E-state index contributed by atoms with van der Waals surface area (Å²) < 4.78 is 0. The molecule has 1 fully saturated rings. The Morgan fingerprint density at radius 2 is 1.83 bits per heavy atom. The van der Waals surface area contributed by atoms with Crippen molar-refractivity contribution in [3.8, 4) is 11.4 Å². The summed E-state index contributed by atoms with van der Waals surface area (Å²) in [5.74, 6) is 2.67. The van der Waals surface area contributed by atoms with E-state index in [-0.39, 0.29) is 6.10 Å². The maximum atomic E-state index is 9.71. The summed E-state index contributed by atoms with van der Waals surface area (Å²) in [4.78, 5) is 9.57. The van der Waals surface area contributed by atoms with Crippen LogP contribution in [0.5, 0.6) is 0 Å². The molecule has 2 aromatic rings. The average molecular weight is 324 g/mol. The summed E-state index contributed by atoms with van der Waals surface area (Å²) in [6.07, 6.45) is 4.52. The van der Waals surface area contributed by atoms with Gasteiger partial charge in [0.25, 0.3) is 0 Å². The summed E-state index contributed by atoms with van der Waals surface area (Å²) in [6, 6.07) is 10.9. The van der Waals surface area contributed by atoms with E-state index in [0.717, 1.165) is 55.1 Å². The van der Waals surface area contributed by atoms with Crippen molar-refractivity contribution in [2.45, 2.75) is 57.2 Å². The highest BCUT2D eigenvalue weighted by atomic mass is 16.3. The smallest absolute Gasteiger partial charge is 0.163 e. The normalized spacial score (nSPS) is 25.8. The summed E-state index contributed by atoms with van der Waals surface area (Å²) >= 11 is 0. The zero-order chi connectivity index (χ0) is 16.5. The van der Waals surface area contributed by atoms with Gasteiger partial charge in [-0.1, -0.05) is 30.3 Å². The van der Waals surface area contributed by atoms with E-state index in [0.29, 0.717) is 12.1 Å². The number of nitrogens with zero attached hydrogens (tertiary/aromatic N) is 2. The third-order valence-electron chi connectivity index (χ3n) is 4.97. The fourth-order valence-electron chi connectivity index (χ4n) is 3.64. The number of benzene rings is 1. The van der Waals surface area contributed by atoms with Crippen LogP contribution in [0.3, 0.4) is 0 Å². The largest absolute Gasteiger partial charge is 0.393 e. The van der Waals surface area contributed by atoms with Crippen molar-refractivity contribution in [2.24, 2.45) is 0 Å². The minimum Gasteiger partial charge on any atom is -0.393 e. The maximum absolute atomic E-state index is 9.71. The highest BCUT2D eigenvalue weighted by Gasteiger charge is 2.26. The number of nitrogens with one attached hydrogen (secondary N) is 2. The van der Waals surface area contributed by atoms with Crippen LogP contribution in [0.25, 0.3) is 11.4 Å². The molecule has 0 bridgehead atoms. The van der Waals surface area contributed by atoms with Crippen molar-refractivity contribution in [3.63, 3.8) is 0 Å².